The van der Waals surface area contributed by atoms with Gasteiger partial charge in [0.05, 0.1) is 12.1 Å². The Hall–Kier alpha value is -2.34. The molecule has 0 aliphatic heterocycles. The van der Waals surface area contributed by atoms with E-state index >= 15 is 0 Å². The largest absolute Gasteiger partial charge is 0.399 e. The van der Waals surface area contributed by atoms with Crippen LogP contribution in [0.15, 0.2) is 29.6 Å². The Morgan fingerprint density at radius 1 is 1.45 bits per heavy atom. The lowest BCUT2D eigenvalue weighted by Crippen LogP contribution is -2.23. The van der Waals surface area contributed by atoms with E-state index in [0.29, 0.717) is 17.9 Å². The van der Waals surface area contributed by atoms with Gasteiger partial charge in [0.25, 0.3) is 5.91 Å². The third-order valence-corrected chi connectivity index (χ3v) is 4.20. The molecule has 3 aromatic rings. The van der Waals surface area contributed by atoms with Crippen molar-refractivity contribution in [2.45, 2.75) is 13.5 Å². The molecule has 0 saturated carbocycles. The monoisotopic (exact) mass is 286 g/mol. The number of fused-ring (bicyclic) bond motifs is 1. The second kappa shape index (κ2) is 4.97. The Kier molecular flexibility index (Phi) is 3.15. The molecule has 6 heteroatoms. The van der Waals surface area contributed by atoms with Gasteiger partial charge in [-0.3, -0.25) is 9.89 Å². The van der Waals surface area contributed by atoms with E-state index in [1.54, 1.807) is 23.5 Å². The fourth-order valence-electron chi connectivity index (χ4n) is 2.03. The number of carbonyl (C=O) groups is 1. The van der Waals surface area contributed by atoms with Crippen LogP contribution in [-0.4, -0.2) is 16.1 Å². The minimum absolute atomic E-state index is 0.199. The number of nitrogen functional groups attached to an aromatic ring is 1. The summed E-state index contributed by atoms with van der Waals surface area (Å²) in [5.74, 6) is -0.199. The van der Waals surface area contributed by atoms with Gasteiger partial charge in [-0.05, 0) is 42.1 Å². The number of rotatable bonds is 3. The summed E-state index contributed by atoms with van der Waals surface area (Å²) in [6, 6.07) is 7.38. The van der Waals surface area contributed by atoms with Crippen LogP contribution in [0.4, 0.5) is 5.69 Å². The minimum atomic E-state index is -0.199. The van der Waals surface area contributed by atoms with Crippen LogP contribution in [0.2, 0.25) is 0 Å². The predicted molar refractivity (Wildman–Crippen MR) is 80.7 cm³/mol. The number of nitrogens with one attached hydrogen (secondary N) is 2. The number of H-pyrrole nitrogens is 1. The molecule has 0 radical (unpaired) electrons. The van der Waals surface area contributed by atoms with E-state index in [9.17, 15) is 4.79 Å². The molecule has 0 saturated heterocycles. The molecule has 2 aromatic heterocycles. The van der Waals surface area contributed by atoms with Gasteiger partial charge in [0.2, 0.25) is 0 Å². The Labute approximate surface area is 119 Å². The molecule has 0 atom stereocenters. The Morgan fingerprint density at radius 3 is 3.05 bits per heavy atom. The van der Waals surface area contributed by atoms with Crippen LogP contribution in [0.5, 0.6) is 0 Å². The van der Waals surface area contributed by atoms with E-state index in [4.69, 9.17) is 5.73 Å². The lowest BCUT2D eigenvalue weighted by molar-refractivity contribution is 0.0948. The second-order valence-electron chi connectivity index (χ2n) is 4.59. The SMILES string of the molecule is Cc1ccsc1CNC(=O)c1n[nH]c2ccc(N)cc12. The van der Waals surface area contributed by atoms with E-state index in [1.807, 2.05) is 24.4 Å². The summed E-state index contributed by atoms with van der Waals surface area (Å²) in [4.78, 5) is 13.4. The maximum Gasteiger partial charge on any atom is 0.272 e. The number of thiophene rings is 1. The topological polar surface area (TPSA) is 83.8 Å². The molecule has 0 bridgehead atoms. The van der Waals surface area contributed by atoms with Crippen molar-refractivity contribution in [3.8, 4) is 0 Å². The number of aromatic nitrogens is 2. The highest BCUT2D eigenvalue weighted by Crippen LogP contribution is 2.19. The van der Waals surface area contributed by atoms with Gasteiger partial charge in [0.15, 0.2) is 5.69 Å². The van der Waals surface area contributed by atoms with E-state index in [1.165, 1.54) is 5.56 Å². The molecule has 20 heavy (non-hydrogen) atoms. The number of hydrogen-bond donors (Lipinski definition) is 3. The van der Waals surface area contributed by atoms with E-state index in [2.05, 4.69) is 15.5 Å². The van der Waals surface area contributed by atoms with Crippen LogP contribution in [-0.2, 0) is 6.54 Å². The predicted octanol–water partition coefficient (Wildman–Crippen LogP) is 2.45. The zero-order valence-corrected chi connectivity index (χ0v) is 11.8. The minimum Gasteiger partial charge on any atom is -0.399 e. The first-order valence-electron chi connectivity index (χ1n) is 6.20. The number of nitrogens with two attached hydrogens (primary N) is 1. The maximum atomic E-state index is 12.2. The van der Waals surface area contributed by atoms with Crippen LogP contribution < -0.4 is 11.1 Å². The van der Waals surface area contributed by atoms with Gasteiger partial charge in [0, 0.05) is 16.0 Å². The summed E-state index contributed by atoms with van der Waals surface area (Å²) < 4.78 is 0. The first kappa shape index (κ1) is 12.7. The normalized spacial score (nSPS) is 10.8. The maximum absolute atomic E-state index is 12.2. The van der Waals surface area contributed by atoms with Crippen molar-refractivity contribution in [2.24, 2.45) is 0 Å². The first-order valence-corrected chi connectivity index (χ1v) is 7.08. The highest BCUT2D eigenvalue weighted by molar-refractivity contribution is 7.10. The zero-order chi connectivity index (χ0) is 14.1. The number of amides is 1. The third kappa shape index (κ3) is 2.25. The number of aromatic amines is 1. The van der Waals surface area contributed by atoms with Crippen molar-refractivity contribution in [1.29, 1.82) is 0 Å². The molecule has 0 unspecified atom stereocenters. The molecule has 5 nitrogen and oxygen atoms in total. The number of aryl methyl sites for hydroxylation is 1. The van der Waals surface area contributed by atoms with Crippen LogP contribution in [0.1, 0.15) is 20.9 Å². The summed E-state index contributed by atoms with van der Waals surface area (Å²) >= 11 is 1.63. The van der Waals surface area contributed by atoms with Crippen LogP contribution in [0.25, 0.3) is 10.9 Å². The van der Waals surface area contributed by atoms with Crippen LogP contribution in [0.3, 0.4) is 0 Å². The van der Waals surface area contributed by atoms with Gasteiger partial charge < -0.3 is 11.1 Å². The molecule has 3 rings (SSSR count). The van der Waals surface area contributed by atoms with Gasteiger partial charge in [0.1, 0.15) is 0 Å². The smallest absolute Gasteiger partial charge is 0.272 e. The molecule has 0 aliphatic carbocycles. The Bertz CT molecular complexity index is 774. The van der Waals surface area contributed by atoms with E-state index in [0.717, 1.165) is 15.8 Å². The molecule has 102 valence electrons. The van der Waals surface area contributed by atoms with Crippen molar-refractivity contribution in [2.75, 3.05) is 5.73 Å². The fourth-order valence-corrected chi connectivity index (χ4v) is 2.88. The lowest BCUT2D eigenvalue weighted by Gasteiger charge is -2.03. The standard InChI is InChI=1S/C14H14N4OS/c1-8-4-5-20-12(8)7-16-14(19)13-10-6-9(15)2-3-11(10)17-18-13/h2-6H,7,15H2,1H3,(H,16,19)(H,17,18). The average molecular weight is 286 g/mol. The molecule has 1 aromatic carbocycles. The molecule has 4 N–H and O–H groups in total. The van der Waals surface area contributed by atoms with Crippen molar-refractivity contribution in [1.82, 2.24) is 15.5 Å². The molecule has 2 heterocycles. The number of nitrogens with zero attached hydrogens (tertiary/aromatic N) is 1. The van der Waals surface area contributed by atoms with Crippen LogP contribution in [0, 0.1) is 6.92 Å². The van der Waals surface area contributed by atoms with Gasteiger partial charge >= 0.3 is 0 Å². The lowest BCUT2D eigenvalue weighted by atomic mass is 10.2. The van der Waals surface area contributed by atoms with E-state index < -0.39 is 0 Å². The molecule has 0 spiro atoms. The molecular formula is C14H14N4OS. The van der Waals surface area contributed by atoms with Gasteiger partial charge in [-0.1, -0.05) is 0 Å². The summed E-state index contributed by atoms with van der Waals surface area (Å²) in [7, 11) is 0. The number of hydrogen-bond acceptors (Lipinski definition) is 4. The van der Waals surface area contributed by atoms with Gasteiger partial charge in [-0.2, -0.15) is 5.10 Å². The van der Waals surface area contributed by atoms with Crippen molar-refractivity contribution >= 4 is 33.8 Å². The number of benzene rings is 1. The Morgan fingerprint density at radius 2 is 2.30 bits per heavy atom. The quantitative estimate of drug-likeness (QED) is 0.647. The highest BCUT2D eigenvalue weighted by atomic mass is 32.1. The van der Waals surface area contributed by atoms with E-state index in [-0.39, 0.29) is 5.91 Å². The zero-order valence-electron chi connectivity index (χ0n) is 10.9. The summed E-state index contributed by atoms with van der Waals surface area (Å²) in [5.41, 5.74) is 8.73. The van der Waals surface area contributed by atoms with Gasteiger partial charge in [-0.15, -0.1) is 11.3 Å². The fraction of sp³-hybridized carbons (Fsp3) is 0.143. The summed E-state index contributed by atoms with van der Waals surface area (Å²) in [6.45, 7) is 2.54. The first-order chi connectivity index (χ1) is 9.65. The van der Waals surface area contributed by atoms with Crippen molar-refractivity contribution in [3.63, 3.8) is 0 Å². The van der Waals surface area contributed by atoms with Crippen molar-refractivity contribution in [3.05, 3.63) is 45.8 Å². The van der Waals surface area contributed by atoms with Crippen LogP contribution >= 0.6 is 11.3 Å². The molecule has 0 aliphatic rings. The number of anilines is 1. The summed E-state index contributed by atoms with van der Waals surface area (Å²) in [5, 5.41) is 12.6. The molecular weight excluding hydrogens is 272 g/mol. The summed E-state index contributed by atoms with van der Waals surface area (Å²) in [6.07, 6.45) is 0. The third-order valence-electron chi connectivity index (χ3n) is 3.18. The highest BCUT2D eigenvalue weighted by Gasteiger charge is 2.14. The van der Waals surface area contributed by atoms with Gasteiger partial charge in [-0.25, -0.2) is 0 Å². The second-order valence-corrected chi connectivity index (χ2v) is 5.59. The molecule has 0 fully saturated rings. The number of carbonyl (C=O) groups excluding carboxylic acids is 1. The average Bonchev–Trinajstić information content (AvgIpc) is 3.02. The Balaban J connectivity index is 1.82. The molecule has 1 amide bonds. The van der Waals surface area contributed by atoms with Crippen molar-refractivity contribution < 1.29 is 4.79 Å².